The number of rotatable bonds is 3. The summed E-state index contributed by atoms with van der Waals surface area (Å²) in [5, 5.41) is 3.99. The SMILES string of the molecule is CCOC(=O)c1cc(N(C(=O)OC(C)(C)C)C(=O)OC(C)(C)C)n(C)n1. The Morgan fingerprint density at radius 3 is 1.88 bits per heavy atom. The summed E-state index contributed by atoms with van der Waals surface area (Å²) in [5.74, 6) is -0.640. The topological polar surface area (TPSA) is 100.0 Å². The highest BCUT2D eigenvalue weighted by Gasteiger charge is 2.35. The van der Waals surface area contributed by atoms with Gasteiger partial charge in [0.2, 0.25) is 0 Å². The zero-order chi connectivity index (χ0) is 20.3. The molecule has 146 valence electrons. The van der Waals surface area contributed by atoms with Crippen molar-refractivity contribution in [3.8, 4) is 0 Å². The Labute approximate surface area is 153 Å². The first-order chi connectivity index (χ1) is 11.7. The third-order valence-corrected chi connectivity index (χ3v) is 2.72. The summed E-state index contributed by atoms with van der Waals surface area (Å²) in [6.45, 7) is 11.9. The Morgan fingerprint density at radius 1 is 1.04 bits per heavy atom. The minimum atomic E-state index is -0.940. The van der Waals surface area contributed by atoms with E-state index in [0.29, 0.717) is 4.90 Å². The molecule has 0 aliphatic heterocycles. The van der Waals surface area contributed by atoms with Gasteiger partial charge in [0, 0.05) is 13.1 Å². The number of esters is 1. The second-order valence-electron chi connectivity index (χ2n) is 7.53. The van der Waals surface area contributed by atoms with Crippen molar-refractivity contribution in [2.24, 2.45) is 7.05 Å². The van der Waals surface area contributed by atoms with E-state index < -0.39 is 29.4 Å². The number of amides is 2. The van der Waals surface area contributed by atoms with Crippen molar-refractivity contribution in [2.75, 3.05) is 11.5 Å². The third-order valence-electron chi connectivity index (χ3n) is 2.72. The van der Waals surface area contributed by atoms with Crippen LogP contribution in [0.4, 0.5) is 15.4 Å². The van der Waals surface area contributed by atoms with Crippen LogP contribution >= 0.6 is 0 Å². The van der Waals surface area contributed by atoms with E-state index in [2.05, 4.69) is 5.10 Å². The van der Waals surface area contributed by atoms with Gasteiger partial charge in [-0.05, 0) is 48.5 Å². The molecule has 0 fully saturated rings. The Morgan fingerprint density at radius 2 is 1.50 bits per heavy atom. The van der Waals surface area contributed by atoms with Crippen LogP contribution in [-0.4, -0.2) is 45.7 Å². The number of hydrogen-bond acceptors (Lipinski definition) is 7. The molecule has 26 heavy (non-hydrogen) atoms. The molecule has 0 bridgehead atoms. The van der Waals surface area contributed by atoms with E-state index in [9.17, 15) is 14.4 Å². The van der Waals surface area contributed by atoms with Crippen molar-refractivity contribution in [3.63, 3.8) is 0 Å². The maximum absolute atomic E-state index is 12.6. The Kier molecular flexibility index (Phi) is 6.40. The summed E-state index contributed by atoms with van der Waals surface area (Å²) in [6, 6.07) is 1.27. The van der Waals surface area contributed by atoms with Crippen LogP contribution in [0.25, 0.3) is 0 Å². The second-order valence-corrected chi connectivity index (χ2v) is 7.53. The molecule has 0 atom stereocenters. The average molecular weight is 369 g/mol. The lowest BCUT2D eigenvalue weighted by molar-refractivity contribution is 0.0425. The number of carbonyl (C=O) groups is 3. The van der Waals surface area contributed by atoms with Gasteiger partial charge in [0.1, 0.15) is 17.0 Å². The Balaban J connectivity index is 3.30. The van der Waals surface area contributed by atoms with E-state index in [0.717, 1.165) is 0 Å². The fraction of sp³-hybridized carbons (Fsp3) is 0.647. The van der Waals surface area contributed by atoms with Crippen molar-refractivity contribution in [3.05, 3.63) is 11.8 Å². The van der Waals surface area contributed by atoms with E-state index in [-0.39, 0.29) is 18.1 Å². The van der Waals surface area contributed by atoms with Crippen LogP contribution in [0.1, 0.15) is 59.0 Å². The number of anilines is 1. The first kappa shape index (κ1) is 21.5. The molecular weight excluding hydrogens is 342 g/mol. The lowest BCUT2D eigenvalue weighted by Crippen LogP contribution is -2.44. The number of hydrogen-bond donors (Lipinski definition) is 0. The predicted molar refractivity (Wildman–Crippen MR) is 94.1 cm³/mol. The molecule has 0 N–H and O–H groups in total. The number of ether oxygens (including phenoxy) is 3. The van der Waals surface area contributed by atoms with Crippen LogP contribution in [0.3, 0.4) is 0 Å². The summed E-state index contributed by atoms with van der Waals surface area (Å²) < 4.78 is 16.7. The van der Waals surface area contributed by atoms with Crippen LogP contribution in [0.5, 0.6) is 0 Å². The van der Waals surface area contributed by atoms with Crippen molar-refractivity contribution < 1.29 is 28.6 Å². The summed E-state index contributed by atoms with van der Waals surface area (Å²) in [7, 11) is 1.49. The number of imide groups is 1. The molecule has 1 heterocycles. The van der Waals surface area contributed by atoms with Gasteiger partial charge in [0.25, 0.3) is 0 Å². The number of nitrogens with zero attached hydrogens (tertiary/aromatic N) is 3. The van der Waals surface area contributed by atoms with Gasteiger partial charge in [-0.15, -0.1) is 0 Å². The number of aryl methyl sites for hydroxylation is 1. The smallest absolute Gasteiger partial charge is 0.425 e. The van der Waals surface area contributed by atoms with Crippen molar-refractivity contribution in [1.82, 2.24) is 9.78 Å². The third kappa shape index (κ3) is 6.05. The molecule has 0 aliphatic carbocycles. The lowest BCUT2D eigenvalue weighted by Gasteiger charge is -2.28. The molecule has 0 unspecified atom stereocenters. The Bertz CT molecular complexity index is 654. The minimum absolute atomic E-state index is 0.0246. The van der Waals surface area contributed by atoms with Crippen molar-refractivity contribution in [2.45, 2.75) is 59.7 Å². The molecule has 0 aliphatic rings. The molecule has 0 spiro atoms. The fourth-order valence-electron chi connectivity index (χ4n) is 1.85. The molecule has 9 nitrogen and oxygen atoms in total. The lowest BCUT2D eigenvalue weighted by atomic mass is 10.2. The van der Waals surface area contributed by atoms with E-state index >= 15 is 0 Å². The summed E-state index contributed by atoms with van der Waals surface area (Å²) >= 11 is 0. The first-order valence-electron chi connectivity index (χ1n) is 8.22. The molecule has 1 aromatic rings. The highest BCUT2D eigenvalue weighted by Crippen LogP contribution is 2.22. The summed E-state index contributed by atoms with van der Waals surface area (Å²) in [6.07, 6.45) is -1.88. The van der Waals surface area contributed by atoms with Gasteiger partial charge in [-0.3, -0.25) is 4.68 Å². The Hall–Kier alpha value is -2.58. The molecule has 1 rings (SSSR count). The normalized spacial score (nSPS) is 11.7. The zero-order valence-corrected chi connectivity index (χ0v) is 16.6. The fourth-order valence-corrected chi connectivity index (χ4v) is 1.85. The first-order valence-corrected chi connectivity index (χ1v) is 8.22. The second kappa shape index (κ2) is 7.76. The van der Waals surface area contributed by atoms with E-state index in [1.54, 1.807) is 48.5 Å². The van der Waals surface area contributed by atoms with Crippen LogP contribution in [0, 0.1) is 0 Å². The van der Waals surface area contributed by atoms with Gasteiger partial charge in [-0.25, -0.2) is 14.4 Å². The largest absolute Gasteiger partial charge is 0.461 e. The van der Waals surface area contributed by atoms with Crippen molar-refractivity contribution in [1.29, 1.82) is 0 Å². The standard InChI is InChI=1S/C17H27N3O6/c1-9-24-13(21)11-10-12(19(8)18-11)20(14(22)25-16(2,3)4)15(23)26-17(5,6)7/h10H,9H2,1-8H3. The maximum Gasteiger partial charge on any atom is 0.425 e. The van der Waals surface area contributed by atoms with Crippen LogP contribution in [-0.2, 0) is 21.3 Å². The molecule has 0 saturated carbocycles. The minimum Gasteiger partial charge on any atom is -0.461 e. The molecule has 0 aromatic carbocycles. The monoisotopic (exact) mass is 369 g/mol. The van der Waals surface area contributed by atoms with Crippen LogP contribution < -0.4 is 4.90 Å². The van der Waals surface area contributed by atoms with E-state index in [1.807, 2.05) is 0 Å². The summed E-state index contributed by atoms with van der Waals surface area (Å²) in [5.41, 5.74) is -1.71. The van der Waals surface area contributed by atoms with Gasteiger partial charge >= 0.3 is 18.2 Å². The maximum atomic E-state index is 12.6. The van der Waals surface area contributed by atoms with Gasteiger partial charge < -0.3 is 14.2 Å². The highest BCUT2D eigenvalue weighted by molar-refractivity contribution is 6.09. The molecule has 0 radical (unpaired) electrons. The molecule has 9 heteroatoms. The average Bonchev–Trinajstić information content (AvgIpc) is 2.77. The summed E-state index contributed by atoms with van der Waals surface area (Å²) in [4.78, 5) is 37.8. The molecule has 0 saturated heterocycles. The molecule has 2 amide bonds. The van der Waals surface area contributed by atoms with E-state index in [4.69, 9.17) is 14.2 Å². The van der Waals surface area contributed by atoms with Gasteiger partial charge in [-0.1, -0.05) is 0 Å². The predicted octanol–water partition coefficient (Wildman–Crippen LogP) is 3.27. The van der Waals surface area contributed by atoms with Crippen LogP contribution in [0.15, 0.2) is 6.07 Å². The molecular formula is C17H27N3O6. The van der Waals surface area contributed by atoms with Crippen molar-refractivity contribution >= 4 is 24.0 Å². The van der Waals surface area contributed by atoms with Gasteiger partial charge in [-0.2, -0.15) is 10.00 Å². The number of carbonyl (C=O) groups excluding carboxylic acids is 3. The quantitative estimate of drug-likeness (QED) is 0.595. The van der Waals surface area contributed by atoms with Crippen LogP contribution in [0.2, 0.25) is 0 Å². The van der Waals surface area contributed by atoms with Gasteiger partial charge in [0.15, 0.2) is 5.69 Å². The number of aromatic nitrogens is 2. The zero-order valence-electron chi connectivity index (χ0n) is 16.6. The highest BCUT2D eigenvalue weighted by atomic mass is 16.6. The van der Waals surface area contributed by atoms with E-state index in [1.165, 1.54) is 17.8 Å². The van der Waals surface area contributed by atoms with Gasteiger partial charge in [0.05, 0.1) is 6.61 Å². The molecule has 1 aromatic heterocycles.